The Labute approximate surface area is 222 Å². The first-order valence-corrected chi connectivity index (χ1v) is 13.0. The fourth-order valence-electron chi connectivity index (χ4n) is 5.09. The van der Waals surface area contributed by atoms with Gasteiger partial charge in [0, 0.05) is 37.4 Å². The number of H-pyrrole nitrogens is 1. The second-order valence-corrected chi connectivity index (χ2v) is 9.29. The Kier molecular flexibility index (Phi) is 8.53. The number of morpholine rings is 1. The second kappa shape index (κ2) is 11.8. The third-order valence-electron chi connectivity index (χ3n) is 6.96. The molecule has 10 heteroatoms. The van der Waals surface area contributed by atoms with Crippen molar-refractivity contribution in [2.45, 2.75) is 33.7 Å². The van der Waals surface area contributed by atoms with Crippen LogP contribution in [0.25, 0.3) is 5.76 Å². The molecule has 2 aliphatic heterocycles. The first kappa shape index (κ1) is 27.4. The number of nitrogens with one attached hydrogen (secondary N) is 1. The highest BCUT2D eigenvalue weighted by molar-refractivity contribution is 6.46. The highest BCUT2D eigenvalue weighted by Crippen LogP contribution is 2.41. The largest absolute Gasteiger partial charge is 0.507 e. The molecule has 1 aromatic carbocycles. The van der Waals surface area contributed by atoms with Crippen molar-refractivity contribution in [3.05, 3.63) is 57.9 Å². The normalized spacial score (nSPS) is 19.7. The van der Waals surface area contributed by atoms with Crippen molar-refractivity contribution in [1.82, 2.24) is 14.8 Å². The first-order chi connectivity index (χ1) is 18.3. The molecule has 0 bridgehead atoms. The van der Waals surface area contributed by atoms with E-state index in [1.165, 1.54) is 4.90 Å². The highest BCUT2D eigenvalue weighted by Gasteiger charge is 2.46. The van der Waals surface area contributed by atoms with Gasteiger partial charge in [0.1, 0.15) is 17.2 Å². The van der Waals surface area contributed by atoms with Gasteiger partial charge in [-0.1, -0.05) is 12.1 Å². The lowest BCUT2D eigenvalue weighted by atomic mass is 9.94. The smallest absolute Gasteiger partial charge is 0.355 e. The maximum absolute atomic E-state index is 13.4. The molecule has 0 saturated carbocycles. The number of hydrogen-bond acceptors (Lipinski definition) is 8. The fraction of sp³-hybridized carbons (Fsp3) is 0.464. The van der Waals surface area contributed by atoms with Crippen LogP contribution in [-0.4, -0.2) is 90.2 Å². The zero-order chi connectivity index (χ0) is 27.4. The van der Waals surface area contributed by atoms with Crippen molar-refractivity contribution in [2.75, 3.05) is 52.6 Å². The van der Waals surface area contributed by atoms with Crippen molar-refractivity contribution in [3.63, 3.8) is 0 Å². The van der Waals surface area contributed by atoms with E-state index in [2.05, 4.69) is 9.88 Å². The SMILES string of the molecule is CCOC(=O)c1[nH]c(C)c(/C(O)=C2\C(=O)C(=O)N(CCN3CCOCC3)C2c2ccc(OCC)cc2)c1C. The molecular formula is C28H35N3O7. The van der Waals surface area contributed by atoms with Crippen LogP contribution in [0.1, 0.15) is 52.8 Å². The predicted molar refractivity (Wildman–Crippen MR) is 140 cm³/mol. The minimum absolute atomic E-state index is 0.0123. The van der Waals surface area contributed by atoms with Gasteiger partial charge in [0.15, 0.2) is 0 Å². The molecule has 10 nitrogen and oxygen atoms in total. The summed E-state index contributed by atoms with van der Waals surface area (Å²) in [6.45, 7) is 11.3. The van der Waals surface area contributed by atoms with Crippen LogP contribution < -0.4 is 4.74 Å². The number of carbonyl (C=O) groups excluding carboxylic acids is 3. The molecule has 2 aliphatic rings. The molecule has 0 radical (unpaired) electrons. The zero-order valence-electron chi connectivity index (χ0n) is 22.3. The number of aliphatic hydroxyl groups is 1. The molecule has 1 unspecified atom stereocenters. The number of ketones is 1. The van der Waals surface area contributed by atoms with Crippen LogP contribution in [0.3, 0.4) is 0 Å². The van der Waals surface area contributed by atoms with Gasteiger partial charge in [0.05, 0.1) is 38.0 Å². The van der Waals surface area contributed by atoms with Gasteiger partial charge >= 0.3 is 5.97 Å². The van der Waals surface area contributed by atoms with Gasteiger partial charge in [-0.05, 0) is 51.0 Å². The summed E-state index contributed by atoms with van der Waals surface area (Å²) in [6, 6.07) is 6.38. The van der Waals surface area contributed by atoms with Gasteiger partial charge in [-0.2, -0.15) is 0 Å². The number of hydrogen-bond donors (Lipinski definition) is 2. The number of esters is 1. The minimum Gasteiger partial charge on any atom is -0.507 e. The average Bonchev–Trinajstić information content (AvgIpc) is 3.35. The number of aliphatic hydroxyl groups excluding tert-OH is 1. The third-order valence-corrected chi connectivity index (χ3v) is 6.96. The first-order valence-electron chi connectivity index (χ1n) is 13.0. The number of amides is 1. The van der Waals surface area contributed by atoms with Crippen LogP contribution in [-0.2, 0) is 19.1 Å². The summed E-state index contributed by atoms with van der Waals surface area (Å²) in [5, 5.41) is 11.6. The molecule has 1 atom stereocenters. The Morgan fingerprint density at radius 3 is 2.39 bits per heavy atom. The van der Waals surface area contributed by atoms with Crippen molar-refractivity contribution in [3.8, 4) is 5.75 Å². The molecule has 0 aliphatic carbocycles. The van der Waals surface area contributed by atoms with Crippen LogP contribution in [0, 0.1) is 13.8 Å². The fourth-order valence-corrected chi connectivity index (χ4v) is 5.09. The van der Waals surface area contributed by atoms with Gasteiger partial charge in [-0.15, -0.1) is 0 Å². The highest BCUT2D eigenvalue weighted by atomic mass is 16.5. The molecule has 2 fully saturated rings. The molecule has 0 spiro atoms. The summed E-state index contributed by atoms with van der Waals surface area (Å²) in [4.78, 5) is 45.9. The summed E-state index contributed by atoms with van der Waals surface area (Å²) in [5.74, 6) is -1.65. The standard InChI is InChI=1S/C28H35N3O7/c1-5-37-20-9-7-19(8-10-20)24-22(25(32)21-17(3)23(29-18(21)4)28(35)38-6-2)26(33)27(34)31(24)12-11-30-13-15-36-16-14-30/h7-10,24,29,32H,5-6,11-16H2,1-4H3/b25-22+. The third kappa shape index (κ3) is 5.32. The maximum Gasteiger partial charge on any atom is 0.355 e. The molecule has 38 heavy (non-hydrogen) atoms. The van der Waals surface area contributed by atoms with E-state index in [-0.39, 0.29) is 23.6 Å². The number of nitrogens with zero attached hydrogens (tertiary/aromatic N) is 2. The van der Waals surface area contributed by atoms with E-state index in [1.54, 1.807) is 45.0 Å². The summed E-state index contributed by atoms with van der Waals surface area (Å²) >= 11 is 0. The second-order valence-electron chi connectivity index (χ2n) is 9.29. The summed E-state index contributed by atoms with van der Waals surface area (Å²) in [5.41, 5.74) is 2.12. The Morgan fingerprint density at radius 1 is 1.08 bits per heavy atom. The van der Waals surface area contributed by atoms with Crippen LogP contribution in [0.5, 0.6) is 5.75 Å². The number of likely N-dealkylation sites (tertiary alicyclic amines) is 1. The molecule has 4 rings (SSSR count). The number of Topliss-reactive ketones (excluding diaryl/α,β-unsaturated/α-hetero) is 1. The van der Waals surface area contributed by atoms with Crippen LogP contribution in [0.15, 0.2) is 29.8 Å². The quantitative estimate of drug-likeness (QED) is 0.222. The number of carbonyl (C=O) groups is 3. The molecule has 1 amide bonds. The number of rotatable bonds is 9. The number of aromatic amines is 1. The average molecular weight is 526 g/mol. The lowest BCUT2D eigenvalue weighted by Crippen LogP contribution is -2.42. The van der Waals surface area contributed by atoms with E-state index in [1.807, 2.05) is 6.92 Å². The number of benzene rings is 1. The van der Waals surface area contributed by atoms with E-state index in [0.717, 1.165) is 13.1 Å². The Morgan fingerprint density at radius 2 is 1.76 bits per heavy atom. The molecule has 2 aromatic rings. The summed E-state index contributed by atoms with van der Waals surface area (Å²) < 4.78 is 16.1. The van der Waals surface area contributed by atoms with Gasteiger partial charge in [0.25, 0.3) is 11.7 Å². The Hall–Kier alpha value is -3.63. The Balaban J connectivity index is 1.78. The van der Waals surface area contributed by atoms with Crippen molar-refractivity contribution in [2.24, 2.45) is 0 Å². The lowest BCUT2D eigenvalue weighted by molar-refractivity contribution is -0.140. The Bertz CT molecular complexity index is 1230. The zero-order valence-corrected chi connectivity index (χ0v) is 22.3. The van der Waals surface area contributed by atoms with Gasteiger partial charge in [0.2, 0.25) is 0 Å². The molecular weight excluding hydrogens is 490 g/mol. The predicted octanol–water partition coefficient (Wildman–Crippen LogP) is 2.96. The monoisotopic (exact) mass is 525 g/mol. The summed E-state index contributed by atoms with van der Waals surface area (Å²) in [7, 11) is 0. The lowest BCUT2D eigenvalue weighted by Gasteiger charge is -2.31. The van der Waals surface area contributed by atoms with Gasteiger partial charge < -0.3 is 29.2 Å². The van der Waals surface area contributed by atoms with E-state index >= 15 is 0 Å². The molecule has 2 saturated heterocycles. The van der Waals surface area contributed by atoms with E-state index < -0.39 is 23.7 Å². The van der Waals surface area contributed by atoms with Gasteiger partial charge in [-0.25, -0.2) is 4.79 Å². The topological polar surface area (TPSA) is 121 Å². The molecule has 3 heterocycles. The van der Waals surface area contributed by atoms with E-state index in [4.69, 9.17) is 14.2 Å². The van der Waals surface area contributed by atoms with Crippen molar-refractivity contribution < 1.29 is 33.7 Å². The summed E-state index contributed by atoms with van der Waals surface area (Å²) in [6.07, 6.45) is 0. The minimum atomic E-state index is -0.800. The maximum atomic E-state index is 13.4. The molecule has 1 aromatic heterocycles. The van der Waals surface area contributed by atoms with Crippen LogP contribution >= 0.6 is 0 Å². The van der Waals surface area contributed by atoms with E-state index in [0.29, 0.717) is 61.0 Å². The number of aromatic nitrogens is 1. The van der Waals surface area contributed by atoms with Crippen LogP contribution in [0.4, 0.5) is 0 Å². The number of aryl methyl sites for hydroxylation is 1. The molecule has 2 N–H and O–H groups in total. The van der Waals surface area contributed by atoms with E-state index in [9.17, 15) is 19.5 Å². The van der Waals surface area contributed by atoms with Gasteiger partial charge in [-0.3, -0.25) is 14.5 Å². The molecule has 204 valence electrons. The van der Waals surface area contributed by atoms with Crippen LogP contribution in [0.2, 0.25) is 0 Å². The van der Waals surface area contributed by atoms with Crippen molar-refractivity contribution in [1.29, 1.82) is 0 Å². The number of ether oxygens (including phenoxy) is 3. The van der Waals surface area contributed by atoms with Crippen molar-refractivity contribution >= 4 is 23.4 Å².